The Bertz CT molecular complexity index is 1570. The van der Waals surface area contributed by atoms with Crippen molar-refractivity contribution in [3.8, 4) is 0 Å². The standard InChI is InChI=1S/C32H39N7O5/c1-3-4-5-8-19-44-32(43)37-30(33)22-10-13-24(14-11-22)35-21-28-36-25-20-23(12-15-26(25)38(28)2)31(42)39(18-16-29(40)41)27-9-6-7-17-34-27/h6-7,9-15,17,20,32,35,43H,3-5,8,16,18-19,21H2,1-2H3,(H2,33,37)(H,40,41). The Labute approximate surface area is 256 Å². The number of amidine groups is 1. The van der Waals surface area contributed by atoms with E-state index >= 15 is 0 Å². The van der Waals surface area contributed by atoms with Gasteiger partial charge >= 0.3 is 5.97 Å². The quantitative estimate of drug-likeness (QED) is 0.0634. The minimum Gasteiger partial charge on any atom is -0.481 e. The third kappa shape index (κ3) is 8.62. The smallest absolute Gasteiger partial charge is 0.305 e. The van der Waals surface area contributed by atoms with E-state index in [4.69, 9.17) is 15.5 Å². The monoisotopic (exact) mass is 601 g/mol. The molecule has 0 aliphatic rings. The molecule has 0 saturated heterocycles. The average Bonchev–Trinajstić information content (AvgIpc) is 3.34. The molecule has 44 heavy (non-hydrogen) atoms. The van der Waals surface area contributed by atoms with Gasteiger partial charge in [-0.15, -0.1) is 0 Å². The molecule has 0 bridgehead atoms. The van der Waals surface area contributed by atoms with Crippen molar-refractivity contribution in [3.05, 3.63) is 83.8 Å². The number of hydrogen-bond acceptors (Lipinski definition) is 8. The Kier molecular flexibility index (Phi) is 11.4. The molecule has 2 aromatic carbocycles. The molecule has 0 saturated carbocycles. The SMILES string of the molecule is CCCCCCOC(O)N=C(N)c1ccc(NCc2nc3cc(C(=O)N(CCC(=O)O)c4ccccn4)ccc3n2C)cc1. The number of carbonyl (C=O) groups excluding carboxylic acids is 1. The number of carboxylic acid groups (broad SMARTS) is 1. The van der Waals surface area contributed by atoms with Crippen LogP contribution in [0.5, 0.6) is 0 Å². The number of nitrogens with two attached hydrogens (primary N) is 1. The van der Waals surface area contributed by atoms with Crippen LogP contribution >= 0.6 is 0 Å². The molecule has 4 aromatic rings. The molecule has 5 N–H and O–H groups in total. The van der Waals surface area contributed by atoms with E-state index in [1.807, 2.05) is 29.8 Å². The second kappa shape index (κ2) is 15.6. The molecule has 0 fully saturated rings. The minimum absolute atomic E-state index is 0.00954. The number of anilines is 2. The molecule has 0 aliphatic heterocycles. The molecule has 2 aromatic heterocycles. The van der Waals surface area contributed by atoms with Crippen LogP contribution in [0.1, 0.15) is 60.8 Å². The van der Waals surface area contributed by atoms with Gasteiger partial charge in [-0.1, -0.05) is 32.3 Å². The van der Waals surface area contributed by atoms with Crippen LogP contribution in [0.4, 0.5) is 11.5 Å². The number of benzene rings is 2. The van der Waals surface area contributed by atoms with Crippen LogP contribution in [-0.2, 0) is 23.1 Å². The minimum atomic E-state index is -1.30. The molecular formula is C32H39N7O5. The molecule has 0 spiro atoms. The Hall–Kier alpha value is -4.81. The van der Waals surface area contributed by atoms with Gasteiger partial charge in [0.25, 0.3) is 12.3 Å². The molecule has 2 heterocycles. The van der Waals surface area contributed by atoms with E-state index < -0.39 is 12.4 Å². The number of unbranched alkanes of at least 4 members (excludes halogenated alkanes) is 3. The Balaban J connectivity index is 1.40. The second-order valence-corrected chi connectivity index (χ2v) is 10.3. The van der Waals surface area contributed by atoms with Crippen molar-refractivity contribution in [2.75, 3.05) is 23.4 Å². The number of aryl methyl sites for hydroxylation is 1. The molecule has 12 nitrogen and oxygen atoms in total. The average molecular weight is 602 g/mol. The summed E-state index contributed by atoms with van der Waals surface area (Å²) in [7, 11) is 1.90. The van der Waals surface area contributed by atoms with E-state index in [0.717, 1.165) is 42.7 Å². The summed E-state index contributed by atoms with van der Waals surface area (Å²) < 4.78 is 7.27. The first-order valence-electron chi connectivity index (χ1n) is 14.6. The number of aliphatic hydroxyl groups is 1. The van der Waals surface area contributed by atoms with Crippen LogP contribution in [0.15, 0.2) is 71.9 Å². The van der Waals surface area contributed by atoms with E-state index in [2.05, 4.69) is 22.2 Å². The van der Waals surface area contributed by atoms with Crippen molar-refractivity contribution in [2.45, 2.75) is 52.0 Å². The second-order valence-electron chi connectivity index (χ2n) is 10.3. The Morgan fingerprint density at radius 3 is 2.57 bits per heavy atom. The van der Waals surface area contributed by atoms with Crippen molar-refractivity contribution >= 4 is 40.3 Å². The number of aromatic nitrogens is 3. The molecule has 1 atom stereocenters. The first-order valence-corrected chi connectivity index (χ1v) is 14.6. The first-order chi connectivity index (χ1) is 21.3. The van der Waals surface area contributed by atoms with Gasteiger partial charge in [-0.25, -0.2) is 15.0 Å². The maximum absolute atomic E-state index is 13.4. The number of aliphatic carboxylic acids is 1. The van der Waals surface area contributed by atoms with Crippen LogP contribution < -0.4 is 16.0 Å². The van der Waals surface area contributed by atoms with Crippen molar-refractivity contribution < 1.29 is 24.5 Å². The number of aliphatic imine (C=N–C) groups is 1. The Morgan fingerprint density at radius 2 is 1.86 bits per heavy atom. The number of pyridine rings is 1. The summed E-state index contributed by atoms with van der Waals surface area (Å²) in [5.41, 5.74) is 9.42. The number of amides is 1. The summed E-state index contributed by atoms with van der Waals surface area (Å²) in [6, 6.07) is 17.7. The largest absolute Gasteiger partial charge is 0.481 e. The number of nitrogens with one attached hydrogen (secondary N) is 1. The summed E-state index contributed by atoms with van der Waals surface area (Å²) in [5.74, 6) is -0.0410. The van der Waals surface area contributed by atoms with E-state index in [0.29, 0.717) is 35.6 Å². The van der Waals surface area contributed by atoms with Crippen LogP contribution in [0.25, 0.3) is 11.0 Å². The lowest BCUT2D eigenvalue weighted by atomic mass is 10.1. The predicted octanol–water partition coefficient (Wildman–Crippen LogP) is 4.28. The van der Waals surface area contributed by atoms with Crippen LogP contribution in [-0.4, -0.2) is 62.0 Å². The molecule has 12 heteroatoms. The van der Waals surface area contributed by atoms with Crippen molar-refractivity contribution in [1.29, 1.82) is 0 Å². The lowest BCUT2D eigenvalue weighted by Gasteiger charge is -2.21. The number of fused-ring (bicyclic) bond motifs is 1. The van der Waals surface area contributed by atoms with Crippen molar-refractivity contribution in [3.63, 3.8) is 0 Å². The number of aliphatic hydroxyl groups excluding tert-OH is 1. The van der Waals surface area contributed by atoms with E-state index in [9.17, 15) is 19.8 Å². The number of rotatable bonds is 16. The highest BCUT2D eigenvalue weighted by atomic mass is 16.6. The summed E-state index contributed by atoms with van der Waals surface area (Å²) in [6.45, 7) is 2.97. The number of imidazole rings is 1. The van der Waals surface area contributed by atoms with Gasteiger partial charge in [0.05, 0.1) is 30.6 Å². The molecule has 232 valence electrons. The van der Waals surface area contributed by atoms with E-state index in [1.54, 1.807) is 48.7 Å². The van der Waals surface area contributed by atoms with E-state index in [-0.39, 0.29) is 24.7 Å². The zero-order valence-electron chi connectivity index (χ0n) is 25.0. The number of carbonyl (C=O) groups is 2. The zero-order chi connectivity index (χ0) is 31.5. The van der Waals surface area contributed by atoms with Gasteiger partial charge in [-0.2, -0.15) is 0 Å². The van der Waals surface area contributed by atoms with Crippen molar-refractivity contribution in [2.24, 2.45) is 17.8 Å². The molecular weight excluding hydrogens is 562 g/mol. The van der Waals surface area contributed by atoms with Gasteiger partial charge < -0.3 is 30.6 Å². The van der Waals surface area contributed by atoms with Crippen LogP contribution in [0, 0.1) is 0 Å². The third-order valence-electron chi connectivity index (χ3n) is 7.09. The molecule has 4 rings (SSSR count). The van der Waals surface area contributed by atoms with Crippen molar-refractivity contribution in [1.82, 2.24) is 14.5 Å². The summed E-state index contributed by atoms with van der Waals surface area (Å²) in [5, 5.41) is 22.5. The van der Waals surface area contributed by atoms with Gasteiger partial charge in [0.15, 0.2) is 0 Å². The summed E-state index contributed by atoms with van der Waals surface area (Å²) in [4.78, 5) is 39.0. The highest BCUT2D eigenvalue weighted by Crippen LogP contribution is 2.21. The van der Waals surface area contributed by atoms with Gasteiger partial charge in [0, 0.05) is 36.6 Å². The summed E-state index contributed by atoms with van der Waals surface area (Å²) in [6.07, 6.45) is 4.23. The molecule has 1 amide bonds. The maximum Gasteiger partial charge on any atom is 0.305 e. The highest BCUT2D eigenvalue weighted by Gasteiger charge is 2.21. The summed E-state index contributed by atoms with van der Waals surface area (Å²) >= 11 is 0. The van der Waals surface area contributed by atoms with Gasteiger partial charge in [0.1, 0.15) is 17.5 Å². The fourth-order valence-corrected chi connectivity index (χ4v) is 4.63. The maximum atomic E-state index is 13.4. The number of hydrogen-bond donors (Lipinski definition) is 4. The van der Waals surface area contributed by atoms with Gasteiger partial charge in [-0.3, -0.25) is 14.5 Å². The lowest BCUT2D eigenvalue weighted by Crippen LogP contribution is -2.33. The van der Waals surface area contributed by atoms with Crippen LogP contribution in [0.3, 0.4) is 0 Å². The highest BCUT2D eigenvalue weighted by molar-refractivity contribution is 6.07. The first kappa shape index (κ1) is 32.1. The number of ether oxygens (including phenoxy) is 1. The number of carboxylic acids is 1. The fraction of sp³-hybridized carbons (Fsp3) is 0.344. The van der Waals surface area contributed by atoms with Gasteiger partial charge in [-0.05, 0) is 61.0 Å². The molecule has 1 unspecified atom stereocenters. The number of nitrogens with zero attached hydrogens (tertiary/aromatic N) is 5. The van der Waals surface area contributed by atoms with Crippen LogP contribution in [0.2, 0.25) is 0 Å². The molecule has 0 radical (unpaired) electrons. The Morgan fingerprint density at radius 1 is 1.09 bits per heavy atom. The van der Waals surface area contributed by atoms with Gasteiger partial charge in [0.2, 0.25) is 0 Å². The topological polar surface area (TPSA) is 168 Å². The zero-order valence-corrected chi connectivity index (χ0v) is 25.0. The van der Waals surface area contributed by atoms with E-state index in [1.165, 1.54) is 4.90 Å². The predicted molar refractivity (Wildman–Crippen MR) is 169 cm³/mol. The normalized spacial score (nSPS) is 12.3. The fourth-order valence-electron chi connectivity index (χ4n) is 4.63. The lowest BCUT2D eigenvalue weighted by molar-refractivity contribution is -0.136. The third-order valence-corrected chi connectivity index (χ3v) is 7.09. The molecule has 0 aliphatic carbocycles.